The Morgan fingerprint density at radius 2 is 0.871 bits per heavy atom. The van der Waals surface area contributed by atoms with Crippen LogP contribution in [0.2, 0.25) is 0 Å². The largest absolute Gasteiger partial charge is 0.462 e. The molecule has 16 nitrogen and oxygen atoms in total. The lowest BCUT2D eigenvalue weighted by Crippen LogP contribution is -2.16. The fraction of sp³-hybridized carbons (Fsp3) is 0.429. The lowest BCUT2D eigenvalue weighted by atomic mass is 10.1. The minimum absolute atomic E-state index is 0.0252. The molecule has 0 bridgehead atoms. The third-order valence-corrected chi connectivity index (χ3v) is 8.81. The second-order valence-corrected chi connectivity index (χ2v) is 14.1. The molecular formula is C42H54O16S4. The summed E-state index contributed by atoms with van der Waals surface area (Å²) < 4.78 is 39.2. The van der Waals surface area contributed by atoms with Crippen LogP contribution < -0.4 is 0 Å². The molecule has 0 amide bonds. The molecule has 0 fully saturated rings. The van der Waals surface area contributed by atoms with Crippen molar-refractivity contribution in [3.63, 3.8) is 0 Å². The van der Waals surface area contributed by atoms with Gasteiger partial charge in [-0.25, -0.2) is 19.2 Å². The molecular weight excluding hydrogens is 889 g/mol. The Kier molecular flexibility index (Phi) is 34.8. The van der Waals surface area contributed by atoms with Crippen LogP contribution in [0.1, 0.15) is 67.6 Å². The van der Waals surface area contributed by atoms with Crippen LogP contribution in [0.25, 0.3) is 0 Å². The highest BCUT2D eigenvalue weighted by atomic mass is 32.2. The Hall–Kier alpha value is -4.92. The highest BCUT2D eigenvalue weighted by Gasteiger charge is 2.20. The topological polar surface area (TPSA) is 210 Å². The smallest absolute Gasteiger partial charge is 0.339 e. The van der Waals surface area contributed by atoms with E-state index < -0.39 is 41.8 Å². The third kappa shape index (κ3) is 27.8. The molecule has 2 aromatic carbocycles. The molecule has 0 N–H and O–H groups in total. The average Bonchev–Trinajstić information content (AvgIpc) is 3.28. The second-order valence-electron chi connectivity index (χ2n) is 11.5. The van der Waals surface area contributed by atoms with Crippen LogP contribution in [0.3, 0.4) is 0 Å². The molecule has 0 aliphatic rings. The number of unbranched alkanes of at least 4 members (excludes halogenated alkanes) is 1. The summed E-state index contributed by atoms with van der Waals surface area (Å²) in [5.74, 6) is -2.83. The van der Waals surface area contributed by atoms with Crippen LogP contribution in [0.4, 0.5) is 0 Å². The molecule has 0 spiro atoms. The standard InChI is InChI=1S/C22H30O8S2.C14H14O4.C6H10O4S2/c1-3-4-10-29-21(25)17-8-5-6-9-18(17)22(26)30-11-7-14-32-16-20(24)28-13-12-27-19(23)15-31-2;1-3-9-17-13(15)11-7-5-6-8-12(11)14(16)18-10-4-2;7-5(3-11)9-1-2-10-6(8)4-12/h5-6,8-9H,3-4,7,10-16H2,1-2H3;3-8H,1-2,9-10H2;11-12H,1-4H2. The molecule has 0 saturated carbocycles. The predicted octanol–water partition coefficient (Wildman–Crippen LogP) is 5.68. The monoisotopic (exact) mass is 942 g/mol. The van der Waals surface area contributed by atoms with Crippen LogP contribution in [0, 0.1) is 0 Å². The minimum Gasteiger partial charge on any atom is -0.462 e. The van der Waals surface area contributed by atoms with E-state index in [-0.39, 0.29) is 97.5 Å². The minimum atomic E-state index is -0.589. The van der Waals surface area contributed by atoms with Gasteiger partial charge >= 0.3 is 47.8 Å². The maximum absolute atomic E-state index is 12.3. The summed E-state index contributed by atoms with van der Waals surface area (Å²) in [6.45, 7) is 9.73. The molecule has 0 unspecified atom stereocenters. The third-order valence-electron chi connectivity index (χ3n) is 6.75. The van der Waals surface area contributed by atoms with Crippen molar-refractivity contribution in [3.8, 4) is 0 Å². The van der Waals surface area contributed by atoms with Crippen LogP contribution in [0.5, 0.6) is 0 Å². The van der Waals surface area contributed by atoms with Crippen LogP contribution in [-0.4, -0.2) is 136 Å². The first-order valence-electron chi connectivity index (χ1n) is 18.9. The van der Waals surface area contributed by atoms with Crippen molar-refractivity contribution in [1.82, 2.24) is 0 Å². The molecule has 2 rings (SSSR count). The Morgan fingerprint density at radius 1 is 0.516 bits per heavy atom. The number of rotatable bonds is 27. The molecule has 0 aliphatic heterocycles. The lowest BCUT2D eigenvalue weighted by Gasteiger charge is -2.09. The molecule has 0 radical (unpaired) electrons. The van der Waals surface area contributed by atoms with Gasteiger partial charge in [0.25, 0.3) is 0 Å². The summed E-state index contributed by atoms with van der Waals surface area (Å²) in [5.41, 5.74) is 0.704. The molecule has 62 heavy (non-hydrogen) atoms. The molecule has 0 heterocycles. The highest BCUT2D eigenvalue weighted by Crippen LogP contribution is 2.14. The second kappa shape index (κ2) is 37.8. The summed E-state index contributed by atoms with van der Waals surface area (Å²) in [7, 11) is 0. The molecule has 342 valence electrons. The number of carbonyl (C=O) groups excluding carboxylic acids is 8. The van der Waals surface area contributed by atoms with E-state index in [2.05, 4.69) is 47.9 Å². The van der Waals surface area contributed by atoms with Gasteiger partial charge in [-0.15, -0.1) is 0 Å². The van der Waals surface area contributed by atoms with Gasteiger partial charge < -0.3 is 37.9 Å². The van der Waals surface area contributed by atoms with E-state index in [0.717, 1.165) is 12.8 Å². The molecule has 2 aromatic rings. The molecule has 0 aromatic heterocycles. The zero-order valence-corrected chi connectivity index (χ0v) is 38.2. The normalized spacial score (nSPS) is 9.81. The number of thiol groups is 2. The first-order chi connectivity index (χ1) is 29.9. The van der Waals surface area contributed by atoms with Crippen molar-refractivity contribution in [1.29, 1.82) is 0 Å². The lowest BCUT2D eigenvalue weighted by molar-refractivity contribution is -0.148. The maximum Gasteiger partial charge on any atom is 0.339 e. The summed E-state index contributed by atoms with van der Waals surface area (Å²) in [5, 5.41) is 0. The first-order valence-corrected chi connectivity index (χ1v) is 22.7. The van der Waals surface area contributed by atoms with Gasteiger partial charge in [-0.3, -0.25) is 19.2 Å². The molecule has 0 atom stereocenters. The number of benzene rings is 2. The van der Waals surface area contributed by atoms with Gasteiger partial charge in [0.15, 0.2) is 0 Å². The summed E-state index contributed by atoms with van der Waals surface area (Å²) in [4.78, 5) is 91.6. The quantitative estimate of drug-likeness (QED) is 0.0363. The molecule has 0 aliphatic carbocycles. The van der Waals surface area contributed by atoms with Gasteiger partial charge in [0.2, 0.25) is 0 Å². The fourth-order valence-electron chi connectivity index (χ4n) is 3.96. The zero-order valence-electron chi connectivity index (χ0n) is 34.7. The van der Waals surface area contributed by atoms with Crippen LogP contribution >= 0.6 is 48.8 Å². The average molecular weight is 943 g/mol. The van der Waals surface area contributed by atoms with E-state index in [1.165, 1.54) is 59.9 Å². The number of hydrogen-bond acceptors (Lipinski definition) is 20. The Bertz CT molecular complexity index is 1660. The Balaban J connectivity index is 0.00000103. The van der Waals surface area contributed by atoms with E-state index in [1.807, 2.05) is 6.92 Å². The van der Waals surface area contributed by atoms with Gasteiger partial charge in [-0.2, -0.15) is 48.8 Å². The van der Waals surface area contributed by atoms with Gasteiger partial charge in [-0.1, -0.05) is 62.9 Å². The SMILES string of the molecule is C=CCOC(=O)c1ccccc1C(=O)OCC=C.CCCCOC(=O)c1ccccc1C(=O)OCCCSCC(=O)OCCOC(=O)CSC.O=C(CS)OCCOC(=O)CS. The van der Waals surface area contributed by atoms with E-state index >= 15 is 0 Å². The van der Waals surface area contributed by atoms with Gasteiger partial charge in [0.1, 0.15) is 39.6 Å². The van der Waals surface area contributed by atoms with Crippen molar-refractivity contribution in [2.24, 2.45) is 0 Å². The number of esters is 8. The maximum atomic E-state index is 12.3. The number of ether oxygens (including phenoxy) is 8. The van der Waals surface area contributed by atoms with Crippen molar-refractivity contribution in [2.45, 2.75) is 26.2 Å². The van der Waals surface area contributed by atoms with Crippen molar-refractivity contribution in [3.05, 3.63) is 96.1 Å². The summed E-state index contributed by atoms with van der Waals surface area (Å²) in [6, 6.07) is 12.7. The number of carbonyl (C=O) groups is 8. The van der Waals surface area contributed by atoms with Crippen molar-refractivity contribution >= 4 is 96.5 Å². The van der Waals surface area contributed by atoms with Gasteiger partial charge in [-0.05, 0) is 49.1 Å². The van der Waals surface area contributed by atoms with Crippen LogP contribution in [-0.2, 0) is 57.1 Å². The van der Waals surface area contributed by atoms with Crippen molar-refractivity contribution in [2.75, 3.05) is 87.9 Å². The fourth-order valence-corrected chi connectivity index (χ4v) is 5.18. The Morgan fingerprint density at radius 3 is 1.23 bits per heavy atom. The predicted molar refractivity (Wildman–Crippen MR) is 241 cm³/mol. The van der Waals surface area contributed by atoms with Gasteiger partial charge in [0, 0.05) is 0 Å². The van der Waals surface area contributed by atoms with E-state index in [4.69, 9.17) is 28.4 Å². The van der Waals surface area contributed by atoms with Crippen LogP contribution in [0.15, 0.2) is 73.8 Å². The zero-order chi connectivity index (χ0) is 46.4. The van der Waals surface area contributed by atoms with Crippen molar-refractivity contribution < 1.29 is 76.3 Å². The first kappa shape index (κ1) is 57.1. The highest BCUT2D eigenvalue weighted by molar-refractivity contribution is 7.99. The summed E-state index contributed by atoms with van der Waals surface area (Å²) >= 11 is 10.1. The molecule has 0 saturated heterocycles. The number of hydrogen-bond donors (Lipinski definition) is 2. The molecule has 20 heteroatoms. The summed E-state index contributed by atoms with van der Waals surface area (Å²) in [6.07, 6.45) is 6.91. The van der Waals surface area contributed by atoms with E-state index in [9.17, 15) is 38.4 Å². The Labute approximate surface area is 381 Å². The number of thioether (sulfide) groups is 2. The van der Waals surface area contributed by atoms with E-state index in [1.54, 1.807) is 30.5 Å². The van der Waals surface area contributed by atoms with E-state index in [0.29, 0.717) is 18.8 Å². The van der Waals surface area contributed by atoms with Gasteiger partial charge in [0.05, 0.1) is 58.5 Å².